The Morgan fingerprint density at radius 2 is 2.04 bits per heavy atom. The van der Waals surface area contributed by atoms with Crippen molar-refractivity contribution in [1.82, 2.24) is 15.1 Å². The molecule has 2 aromatic carbocycles. The van der Waals surface area contributed by atoms with Crippen molar-refractivity contribution in [2.45, 2.75) is 13.5 Å². The van der Waals surface area contributed by atoms with E-state index in [0.717, 1.165) is 16.5 Å². The first-order chi connectivity index (χ1) is 11.6. The monoisotopic (exact) mass is 342 g/mol. The lowest BCUT2D eigenvalue weighted by Crippen LogP contribution is -2.33. The Labute approximate surface area is 145 Å². The highest BCUT2D eigenvalue weighted by atomic mass is 35.5. The lowest BCUT2D eigenvalue weighted by Gasteiger charge is -2.14. The van der Waals surface area contributed by atoms with Crippen LogP contribution >= 0.6 is 11.6 Å². The van der Waals surface area contributed by atoms with Crippen LogP contribution in [0.25, 0.3) is 10.8 Å². The summed E-state index contributed by atoms with van der Waals surface area (Å²) in [4.78, 5) is 12.2. The molecule has 0 unspecified atom stereocenters. The topological polar surface area (TPSA) is 59.0 Å². The molecule has 0 aliphatic rings. The predicted molar refractivity (Wildman–Crippen MR) is 97.4 cm³/mol. The normalized spacial score (nSPS) is 12.1. The molecule has 1 atom stereocenters. The van der Waals surface area contributed by atoms with E-state index in [4.69, 9.17) is 11.6 Å². The van der Waals surface area contributed by atoms with Crippen LogP contribution in [-0.2, 0) is 6.54 Å². The molecule has 24 heavy (non-hydrogen) atoms. The van der Waals surface area contributed by atoms with E-state index in [2.05, 4.69) is 15.7 Å². The van der Waals surface area contributed by atoms with E-state index in [0.29, 0.717) is 18.1 Å². The Morgan fingerprint density at radius 3 is 2.83 bits per heavy atom. The van der Waals surface area contributed by atoms with Gasteiger partial charge in [-0.2, -0.15) is 5.10 Å². The lowest BCUT2D eigenvalue weighted by molar-refractivity contribution is 0.249. The molecule has 0 saturated heterocycles. The molecule has 0 aliphatic heterocycles. The van der Waals surface area contributed by atoms with Crippen LogP contribution in [0.4, 0.5) is 10.5 Å². The molecule has 2 amide bonds. The number of amides is 2. The molecule has 6 heteroatoms. The number of hydrogen-bond acceptors (Lipinski definition) is 2. The molecule has 1 aromatic heterocycles. The quantitative estimate of drug-likeness (QED) is 0.731. The number of halogens is 1. The minimum absolute atomic E-state index is 0.211. The molecule has 5 nitrogen and oxygen atoms in total. The summed E-state index contributed by atoms with van der Waals surface area (Å²) in [7, 11) is 0. The predicted octanol–water partition coefficient (Wildman–Crippen LogP) is 4.15. The summed E-state index contributed by atoms with van der Waals surface area (Å²) >= 11 is 5.85. The fourth-order valence-corrected chi connectivity index (χ4v) is 2.75. The zero-order valence-corrected chi connectivity index (χ0v) is 14.1. The number of nitrogens with zero attached hydrogens (tertiary/aromatic N) is 2. The van der Waals surface area contributed by atoms with Crippen LogP contribution in [0.3, 0.4) is 0 Å². The van der Waals surface area contributed by atoms with E-state index >= 15 is 0 Å². The average Bonchev–Trinajstić information content (AvgIpc) is 2.98. The first-order valence-electron chi connectivity index (χ1n) is 7.82. The third-order valence-electron chi connectivity index (χ3n) is 3.75. The van der Waals surface area contributed by atoms with Gasteiger partial charge in [-0.15, -0.1) is 0 Å². The van der Waals surface area contributed by atoms with Crippen molar-refractivity contribution in [3.05, 3.63) is 59.9 Å². The number of benzene rings is 2. The van der Waals surface area contributed by atoms with Gasteiger partial charge >= 0.3 is 6.03 Å². The molecule has 0 aliphatic carbocycles. The molecule has 0 fully saturated rings. The Bertz CT molecular complexity index is 840. The molecular weight excluding hydrogens is 324 g/mol. The molecule has 3 aromatic rings. The van der Waals surface area contributed by atoms with E-state index in [1.165, 1.54) is 0 Å². The number of anilines is 1. The maximum absolute atomic E-state index is 12.2. The molecule has 3 rings (SSSR count). The molecule has 0 spiro atoms. The molecule has 124 valence electrons. The van der Waals surface area contributed by atoms with Gasteiger partial charge in [0.2, 0.25) is 0 Å². The van der Waals surface area contributed by atoms with Gasteiger partial charge in [-0.05, 0) is 17.4 Å². The van der Waals surface area contributed by atoms with Crippen LogP contribution < -0.4 is 10.6 Å². The molecular formula is C18H19ClN4O. The first kappa shape index (κ1) is 16.3. The molecule has 1 heterocycles. The largest absolute Gasteiger partial charge is 0.338 e. The van der Waals surface area contributed by atoms with E-state index in [1.54, 1.807) is 17.1 Å². The van der Waals surface area contributed by atoms with E-state index < -0.39 is 0 Å². The minimum atomic E-state index is -0.211. The van der Waals surface area contributed by atoms with Gasteiger partial charge in [-0.1, -0.05) is 54.9 Å². The molecule has 2 N–H and O–H groups in total. The number of carbonyl (C=O) groups excluding carboxylic acids is 1. The summed E-state index contributed by atoms with van der Waals surface area (Å²) in [6.45, 7) is 3.29. The maximum Gasteiger partial charge on any atom is 0.319 e. The number of hydrogen-bond donors (Lipinski definition) is 2. The Hall–Kier alpha value is -2.53. The fraction of sp³-hybridized carbons (Fsp3) is 0.222. The number of rotatable bonds is 5. The van der Waals surface area contributed by atoms with Crippen molar-refractivity contribution < 1.29 is 4.79 Å². The van der Waals surface area contributed by atoms with Crippen molar-refractivity contribution in [2.75, 3.05) is 11.9 Å². The molecule has 0 radical (unpaired) electrons. The highest BCUT2D eigenvalue weighted by molar-refractivity contribution is 6.30. The minimum Gasteiger partial charge on any atom is -0.338 e. The smallest absolute Gasteiger partial charge is 0.319 e. The van der Waals surface area contributed by atoms with Gasteiger partial charge in [0, 0.05) is 24.7 Å². The summed E-state index contributed by atoms with van der Waals surface area (Å²) in [5, 5.41) is 12.7. The second-order valence-electron chi connectivity index (χ2n) is 5.85. The summed E-state index contributed by atoms with van der Waals surface area (Å²) in [6, 6.07) is 13.6. The van der Waals surface area contributed by atoms with Gasteiger partial charge in [0.15, 0.2) is 0 Å². The highest BCUT2D eigenvalue weighted by Crippen LogP contribution is 2.22. The zero-order chi connectivity index (χ0) is 16.9. The van der Waals surface area contributed by atoms with Gasteiger partial charge in [-0.3, -0.25) is 4.68 Å². The third kappa shape index (κ3) is 4.06. The first-order valence-corrected chi connectivity index (χ1v) is 8.20. The van der Waals surface area contributed by atoms with E-state index in [9.17, 15) is 4.79 Å². The Balaban J connectivity index is 1.55. The average molecular weight is 343 g/mol. The van der Waals surface area contributed by atoms with Crippen molar-refractivity contribution in [3.8, 4) is 0 Å². The summed E-state index contributed by atoms with van der Waals surface area (Å²) in [5.41, 5.74) is 0.803. The number of aromatic nitrogens is 2. The summed E-state index contributed by atoms with van der Waals surface area (Å²) < 4.78 is 1.78. The van der Waals surface area contributed by atoms with Crippen LogP contribution in [-0.4, -0.2) is 22.4 Å². The van der Waals surface area contributed by atoms with Gasteiger partial charge in [0.1, 0.15) is 0 Å². The number of nitrogens with one attached hydrogen (secondary N) is 2. The van der Waals surface area contributed by atoms with Crippen molar-refractivity contribution in [1.29, 1.82) is 0 Å². The standard InChI is InChI=1S/C18H19ClN4O/c1-13(11-23-12-15(19)10-21-23)9-20-18(24)22-17-8-4-6-14-5-2-3-7-16(14)17/h2-8,10,12-13H,9,11H2,1H3,(H2,20,22,24)/t13-/m1/s1. The van der Waals surface area contributed by atoms with E-state index in [-0.39, 0.29) is 11.9 Å². The highest BCUT2D eigenvalue weighted by Gasteiger charge is 2.09. The van der Waals surface area contributed by atoms with Crippen LogP contribution in [0, 0.1) is 5.92 Å². The zero-order valence-electron chi connectivity index (χ0n) is 13.4. The van der Waals surface area contributed by atoms with Gasteiger partial charge in [0.05, 0.1) is 16.9 Å². The molecule has 0 bridgehead atoms. The number of fused-ring (bicyclic) bond motifs is 1. The fourth-order valence-electron chi connectivity index (χ4n) is 2.59. The second kappa shape index (κ2) is 7.36. The maximum atomic E-state index is 12.2. The Morgan fingerprint density at radius 1 is 1.25 bits per heavy atom. The third-order valence-corrected chi connectivity index (χ3v) is 3.94. The van der Waals surface area contributed by atoms with Crippen molar-refractivity contribution in [3.63, 3.8) is 0 Å². The van der Waals surface area contributed by atoms with Crippen LogP contribution in [0.15, 0.2) is 54.9 Å². The van der Waals surface area contributed by atoms with Crippen molar-refractivity contribution >= 4 is 34.1 Å². The van der Waals surface area contributed by atoms with Gasteiger partial charge in [0.25, 0.3) is 0 Å². The second-order valence-corrected chi connectivity index (χ2v) is 6.28. The number of carbonyl (C=O) groups is 1. The lowest BCUT2D eigenvalue weighted by atomic mass is 10.1. The summed E-state index contributed by atoms with van der Waals surface area (Å²) in [5.74, 6) is 0.235. The Kier molecular flexibility index (Phi) is 5.01. The molecule has 0 saturated carbocycles. The van der Waals surface area contributed by atoms with E-state index in [1.807, 2.05) is 49.4 Å². The van der Waals surface area contributed by atoms with Crippen molar-refractivity contribution in [2.24, 2.45) is 5.92 Å². The van der Waals surface area contributed by atoms with Gasteiger partial charge < -0.3 is 10.6 Å². The summed E-state index contributed by atoms with van der Waals surface area (Å²) in [6.07, 6.45) is 3.38. The van der Waals surface area contributed by atoms with Crippen LogP contribution in [0.2, 0.25) is 5.02 Å². The van der Waals surface area contributed by atoms with Crippen LogP contribution in [0.1, 0.15) is 6.92 Å². The number of urea groups is 1. The van der Waals surface area contributed by atoms with Gasteiger partial charge in [-0.25, -0.2) is 4.79 Å². The van der Waals surface area contributed by atoms with Crippen LogP contribution in [0.5, 0.6) is 0 Å². The SMILES string of the molecule is C[C@H](CNC(=O)Nc1cccc2ccccc12)Cn1cc(Cl)cn1.